The minimum atomic E-state index is -0.414. The van der Waals surface area contributed by atoms with Crippen molar-refractivity contribution in [1.29, 1.82) is 0 Å². The minimum Gasteiger partial charge on any atom is -0.324 e. The van der Waals surface area contributed by atoms with Gasteiger partial charge in [-0.15, -0.1) is 0 Å². The smallest absolute Gasteiger partial charge is 0.324 e. The first-order chi connectivity index (χ1) is 11.1. The molecule has 7 nitrogen and oxygen atoms in total. The molecule has 0 spiro atoms. The van der Waals surface area contributed by atoms with Crippen LogP contribution >= 0.6 is 0 Å². The third kappa shape index (κ3) is 3.88. The predicted molar refractivity (Wildman–Crippen MR) is 88.7 cm³/mol. The monoisotopic (exact) mass is 316 g/mol. The van der Waals surface area contributed by atoms with Crippen molar-refractivity contribution in [3.8, 4) is 0 Å². The number of carbonyl (C=O) groups excluding carboxylic acids is 2. The van der Waals surface area contributed by atoms with Crippen LogP contribution in [0.1, 0.15) is 37.2 Å². The molecular formula is C16H20N4O3. The van der Waals surface area contributed by atoms with Gasteiger partial charge in [-0.2, -0.15) is 0 Å². The number of aromatic amines is 1. The second-order valence-electron chi connectivity index (χ2n) is 5.02. The maximum absolute atomic E-state index is 12.4. The van der Waals surface area contributed by atoms with Gasteiger partial charge in [-0.05, 0) is 25.5 Å². The van der Waals surface area contributed by atoms with Crippen molar-refractivity contribution in [2.75, 3.05) is 10.6 Å². The molecule has 7 heteroatoms. The highest BCUT2D eigenvalue weighted by Crippen LogP contribution is 2.22. The Labute approximate surface area is 133 Å². The Morgan fingerprint density at radius 1 is 1.13 bits per heavy atom. The second-order valence-corrected chi connectivity index (χ2v) is 5.02. The van der Waals surface area contributed by atoms with E-state index in [-0.39, 0.29) is 17.3 Å². The Hall–Kier alpha value is -2.83. The third-order valence-electron chi connectivity index (χ3n) is 3.34. The largest absolute Gasteiger partial charge is 0.326 e. The Morgan fingerprint density at radius 2 is 1.78 bits per heavy atom. The summed E-state index contributed by atoms with van der Waals surface area (Å²) in [6, 6.07) is 6.94. The molecule has 1 aromatic heterocycles. The van der Waals surface area contributed by atoms with E-state index in [1.54, 1.807) is 31.2 Å². The fourth-order valence-corrected chi connectivity index (χ4v) is 2.22. The number of nitrogens with zero attached hydrogens (tertiary/aromatic N) is 1. The summed E-state index contributed by atoms with van der Waals surface area (Å²) in [5.74, 6) is -0.524. The summed E-state index contributed by atoms with van der Waals surface area (Å²) < 4.78 is 1.34. The number of hydrogen-bond donors (Lipinski definition) is 3. The number of benzene rings is 1. The molecule has 0 fully saturated rings. The zero-order chi connectivity index (χ0) is 16.8. The van der Waals surface area contributed by atoms with Gasteiger partial charge >= 0.3 is 5.69 Å². The van der Waals surface area contributed by atoms with Gasteiger partial charge in [0.25, 0.3) is 5.91 Å². The SMILES string of the molecule is CCCC(=O)Nc1ccccc1NC(=O)c1c[nH]c(=O)n1CC. The quantitative estimate of drug-likeness (QED) is 0.762. The first-order valence-electron chi connectivity index (χ1n) is 7.55. The molecule has 0 atom stereocenters. The van der Waals surface area contributed by atoms with Crippen molar-refractivity contribution < 1.29 is 9.59 Å². The number of carbonyl (C=O) groups is 2. The lowest BCUT2D eigenvalue weighted by molar-refractivity contribution is -0.116. The summed E-state index contributed by atoms with van der Waals surface area (Å²) in [7, 11) is 0. The van der Waals surface area contributed by atoms with Crippen LogP contribution in [0.3, 0.4) is 0 Å². The van der Waals surface area contributed by atoms with Crippen LogP contribution in [0.5, 0.6) is 0 Å². The topological polar surface area (TPSA) is 96.0 Å². The molecule has 2 amide bonds. The average Bonchev–Trinajstić information content (AvgIpc) is 2.90. The fraction of sp³-hybridized carbons (Fsp3) is 0.312. The van der Waals surface area contributed by atoms with Gasteiger partial charge in [-0.25, -0.2) is 4.79 Å². The van der Waals surface area contributed by atoms with E-state index < -0.39 is 5.91 Å². The van der Waals surface area contributed by atoms with Gasteiger partial charge in [0.1, 0.15) is 5.69 Å². The lowest BCUT2D eigenvalue weighted by Crippen LogP contribution is -2.23. The molecule has 1 aromatic carbocycles. The summed E-state index contributed by atoms with van der Waals surface area (Å²) in [4.78, 5) is 38.2. The molecule has 0 aliphatic rings. The van der Waals surface area contributed by atoms with Crippen molar-refractivity contribution in [2.24, 2.45) is 0 Å². The highest BCUT2D eigenvalue weighted by molar-refractivity contribution is 6.06. The molecule has 1 heterocycles. The molecule has 23 heavy (non-hydrogen) atoms. The molecule has 122 valence electrons. The molecule has 0 radical (unpaired) electrons. The maximum atomic E-state index is 12.4. The Morgan fingerprint density at radius 3 is 2.39 bits per heavy atom. The molecule has 2 rings (SSSR count). The van der Waals surface area contributed by atoms with Gasteiger partial charge in [0.05, 0.1) is 11.4 Å². The van der Waals surface area contributed by atoms with E-state index in [0.717, 1.165) is 6.42 Å². The minimum absolute atomic E-state index is 0.110. The highest BCUT2D eigenvalue weighted by atomic mass is 16.2. The average molecular weight is 316 g/mol. The van der Waals surface area contributed by atoms with Crippen molar-refractivity contribution >= 4 is 23.2 Å². The van der Waals surface area contributed by atoms with Crippen LogP contribution < -0.4 is 16.3 Å². The van der Waals surface area contributed by atoms with Crippen molar-refractivity contribution in [3.63, 3.8) is 0 Å². The van der Waals surface area contributed by atoms with E-state index >= 15 is 0 Å². The van der Waals surface area contributed by atoms with Crippen LogP contribution in [0.25, 0.3) is 0 Å². The van der Waals surface area contributed by atoms with Crippen LogP contribution in [0, 0.1) is 0 Å². The zero-order valence-electron chi connectivity index (χ0n) is 13.2. The van der Waals surface area contributed by atoms with Gasteiger partial charge < -0.3 is 15.6 Å². The third-order valence-corrected chi connectivity index (χ3v) is 3.34. The number of nitrogens with one attached hydrogen (secondary N) is 3. The van der Waals surface area contributed by atoms with Crippen LogP contribution in [-0.4, -0.2) is 21.4 Å². The van der Waals surface area contributed by atoms with Gasteiger partial charge in [0.15, 0.2) is 0 Å². The van der Waals surface area contributed by atoms with Crippen molar-refractivity contribution in [1.82, 2.24) is 9.55 Å². The Bertz CT molecular complexity index is 761. The number of aromatic nitrogens is 2. The molecular weight excluding hydrogens is 296 g/mol. The van der Waals surface area contributed by atoms with E-state index in [4.69, 9.17) is 0 Å². The van der Waals surface area contributed by atoms with E-state index in [1.165, 1.54) is 10.8 Å². The molecule has 0 bridgehead atoms. The van der Waals surface area contributed by atoms with Crippen LogP contribution in [-0.2, 0) is 11.3 Å². The number of amides is 2. The summed E-state index contributed by atoms with van der Waals surface area (Å²) in [5.41, 5.74) is 0.924. The molecule has 0 aliphatic carbocycles. The Kier molecular flexibility index (Phi) is 5.35. The normalized spacial score (nSPS) is 10.3. The predicted octanol–water partition coefficient (Wildman–Crippen LogP) is 2.19. The van der Waals surface area contributed by atoms with Gasteiger partial charge in [0, 0.05) is 19.2 Å². The fourth-order valence-electron chi connectivity index (χ4n) is 2.22. The van der Waals surface area contributed by atoms with E-state index in [1.807, 2.05) is 6.92 Å². The molecule has 2 aromatic rings. The van der Waals surface area contributed by atoms with E-state index in [2.05, 4.69) is 15.6 Å². The lowest BCUT2D eigenvalue weighted by Gasteiger charge is -2.12. The number of anilines is 2. The van der Waals surface area contributed by atoms with E-state index in [0.29, 0.717) is 24.3 Å². The summed E-state index contributed by atoms with van der Waals surface area (Å²) in [6.45, 7) is 4.09. The number of para-hydroxylation sites is 2. The summed E-state index contributed by atoms with van der Waals surface area (Å²) in [6.07, 6.45) is 2.53. The van der Waals surface area contributed by atoms with Crippen molar-refractivity contribution in [3.05, 3.63) is 46.6 Å². The van der Waals surface area contributed by atoms with E-state index in [9.17, 15) is 14.4 Å². The number of hydrogen-bond acceptors (Lipinski definition) is 3. The lowest BCUT2D eigenvalue weighted by atomic mass is 10.2. The van der Waals surface area contributed by atoms with Crippen LogP contribution in [0.15, 0.2) is 35.3 Å². The van der Waals surface area contributed by atoms with Crippen LogP contribution in [0.4, 0.5) is 11.4 Å². The number of rotatable bonds is 6. The number of H-pyrrole nitrogens is 1. The van der Waals surface area contributed by atoms with Gasteiger partial charge in [-0.3, -0.25) is 14.2 Å². The molecule has 0 saturated carbocycles. The first kappa shape index (κ1) is 16.5. The standard InChI is InChI=1S/C16H20N4O3/c1-3-7-14(21)18-11-8-5-6-9-12(11)19-15(22)13-10-17-16(23)20(13)4-2/h5-6,8-10H,3-4,7H2,1-2H3,(H,17,23)(H,18,21)(H,19,22). The summed E-state index contributed by atoms with van der Waals surface area (Å²) in [5, 5.41) is 5.50. The van der Waals surface area contributed by atoms with Gasteiger partial charge in [0.2, 0.25) is 5.91 Å². The Balaban J connectivity index is 2.21. The second kappa shape index (κ2) is 7.44. The van der Waals surface area contributed by atoms with Gasteiger partial charge in [-0.1, -0.05) is 19.1 Å². The molecule has 3 N–H and O–H groups in total. The first-order valence-corrected chi connectivity index (χ1v) is 7.55. The zero-order valence-corrected chi connectivity index (χ0v) is 13.2. The summed E-state index contributed by atoms with van der Waals surface area (Å²) >= 11 is 0. The molecule has 0 aliphatic heterocycles. The molecule has 0 unspecified atom stereocenters. The van der Waals surface area contributed by atoms with Crippen LogP contribution in [0.2, 0.25) is 0 Å². The molecule has 0 saturated heterocycles. The van der Waals surface area contributed by atoms with Crippen molar-refractivity contribution in [2.45, 2.75) is 33.2 Å². The number of imidazole rings is 1. The maximum Gasteiger partial charge on any atom is 0.326 e. The highest BCUT2D eigenvalue weighted by Gasteiger charge is 2.15.